The number of hydrogen-bond acceptors (Lipinski definition) is 3. The predicted octanol–water partition coefficient (Wildman–Crippen LogP) is 1.37. The summed E-state index contributed by atoms with van der Waals surface area (Å²) < 4.78 is 0. The van der Waals surface area contributed by atoms with E-state index in [1.54, 1.807) is 0 Å². The Balaban J connectivity index is 2.85. The highest BCUT2D eigenvalue weighted by Gasteiger charge is 2.42. The minimum atomic E-state index is -0.774. The number of carboxylic acid groups (broad SMARTS) is 1. The number of carbonyl (C=O) groups excluding carboxylic acids is 1. The van der Waals surface area contributed by atoms with E-state index < -0.39 is 5.97 Å². The molecule has 0 aromatic rings. The van der Waals surface area contributed by atoms with E-state index in [4.69, 9.17) is 10.8 Å². The first-order chi connectivity index (χ1) is 8.90. The fourth-order valence-electron chi connectivity index (χ4n) is 3.32. The molecule has 0 aliphatic heterocycles. The number of nitrogens with one attached hydrogen (secondary N) is 1. The Labute approximate surface area is 114 Å². The Kier molecular flexibility index (Phi) is 5.79. The van der Waals surface area contributed by atoms with Crippen LogP contribution in [0.4, 0.5) is 0 Å². The third-order valence-corrected chi connectivity index (χ3v) is 4.40. The molecule has 1 rings (SSSR count). The molecule has 1 amide bonds. The molecule has 0 aromatic heterocycles. The van der Waals surface area contributed by atoms with E-state index in [9.17, 15) is 9.59 Å². The molecule has 4 N–H and O–H groups in total. The van der Waals surface area contributed by atoms with Crippen molar-refractivity contribution in [2.45, 2.75) is 58.5 Å². The molecule has 5 heteroatoms. The molecule has 0 bridgehead atoms. The number of rotatable bonds is 6. The van der Waals surface area contributed by atoms with Crippen molar-refractivity contribution in [1.29, 1.82) is 0 Å². The summed E-state index contributed by atoms with van der Waals surface area (Å²) in [6.07, 6.45) is 3.00. The molecule has 0 radical (unpaired) electrons. The maximum Gasteiger partial charge on any atom is 0.306 e. The number of carbonyl (C=O) groups is 2. The summed E-state index contributed by atoms with van der Waals surface area (Å²) in [7, 11) is 0. The molecule has 0 heterocycles. The molecule has 19 heavy (non-hydrogen) atoms. The van der Waals surface area contributed by atoms with Crippen molar-refractivity contribution in [3.8, 4) is 0 Å². The Morgan fingerprint density at radius 3 is 2.26 bits per heavy atom. The molecular formula is C14H26N2O3. The second-order valence-corrected chi connectivity index (χ2v) is 5.64. The van der Waals surface area contributed by atoms with Crippen molar-refractivity contribution in [2.24, 2.45) is 23.5 Å². The third-order valence-electron chi connectivity index (χ3n) is 4.40. The van der Waals surface area contributed by atoms with Crippen molar-refractivity contribution in [3.05, 3.63) is 0 Å². The molecular weight excluding hydrogens is 244 g/mol. The molecule has 0 spiro atoms. The van der Waals surface area contributed by atoms with Gasteiger partial charge in [-0.25, -0.2) is 0 Å². The minimum Gasteiger partial charge on any atom is -0.481 e. The highest BCUT2D eigenvalue weighted by Crippen LogP contribution is 2.36. The summed E-state index contributed by atoms with van der Waals surface area (Å²) in [6.45, 7) is 5.70. The van der Waals surface area contributed by atoms with Gasteiger partial charge in [-0.3, -0.25) is 9.59 Å². The van der Waals surface area contributed by atoms with Crippen LogP contribution in [0.2, 0.25) is 0 Å². The van der Waals surface area contributed by atoms with Gasteiger partial charge in [-0.05, 0) is 24.7 Å². The smallest absolute Gasteiger partial charge is 0.306 e. The fraction of sp³-hybridized carbons (Fsp3) is 0.857. The zero-order valence-corrected chi connectivity index (χ0v) is 12.1. The van der Waals surface area contributed by atoms with E-state index in [-0.39, 0.29) is 29.8 Å². The normalized spacial score (nSPS) is 28.4. The van der Waals surface area contributed by atoms with Crippen LogP contribution in [-0.2, 0) is 9.59 Å². The first-order valence-electron chi connectivity index (χ1n) is 7.16. The van der Waals surface area contributed by atoms with Gasteiger partial charge in [0, 0.05) is 19.0 Å². The first kappa shape index (κ1) is 16.0. The van der Waals surface area contributed by atoms with Crippen molar-refractivity contribution < 1.29 is 14.7 Å². The van der Waals surface area contributed by atoms with Gasteiger partial charge in [0.1, 0.15) is 0 Å². The number of aliphatic carboxylic acids is 1. The van der Waals surface area contributed by atoms with E-state index >= 15 is 0 Å². The van der Waals surface area contributed by atoms with Crippen molar-refractivity contribution >= 4 is 11.9 Å². The quantitative estimate of drug-likeness (QED) is 0.679. The Hall–Kier alpha value is -1.10. The van der Waals surface area contributed by atoms with Crippen LogP contribution in [0.25, 0.3) is 0 Å². The van der Waals surface area contributed by atoms with Gasteiger partial charge in [0.2, 0.25) is 5.91 Å². The van der Waals surface area contributed by atoms with Gasteiger partial charge in [0.25, 0.3) is 0 Å². The molecule has 1 unspecified atom stereocenters. The first-order valence-corrected chi connectivity index (χ1v) is 7.16. The molecule has 1 aliphatic rings. The average Bonchev–Trinajstić information content (AvgIpc) is 2.71. The average molecular weight is 270 g/mol. The van der Waals surface area contributed by atoms with E-state index in [2.05, 4.69) is 19.2 Å². The second kappa shape index (κ2) is 6.89. The van der Waals surface area contributed by atoms with Gasteiger partial charge in [0.05, 0.1) is 5.92 Å². The fourth-order valence-corrected chi connectivity index (χ4v) is 3.32. The maximum atomic E-state index is 11.4. The Morgan fingerprint density at radius 2 is 1.89 bits per heavy atom. The standard InChI is InChI=1S/C14H26N2O3/c1-4-9(5-2)13(16-8(3)17)11-6-10(14(18)19)7-12(11)15/h9-13H,4-7,15H2,1-3H3,(H,16,17)(H,18,19)/t10-,11-,12-,13?/m1/s1. The lowest BCUT2D eigenvalue weighted by Crippen LogP contribution is -2.48. The van der Waals surface area contributed by atoms with Gasteiger partial charge in [0.15, 0.2) is 0 Å². The van der Waals surface area contributed by atoms with E-state index in [1.807, 2.05) is 0 Å². The molecule has 1 saturated carbocycles. The lowest BCUT2D eigenvalue weighted by Gasteiger charge is -2.33. The molecule has 0 saturated heterocycles. The number of amides is 1. The summed E-state index contributed by atoms with van der Waals surface area (Å²) in [5, 5.41) is 12.1. The van der Waals surface area contributed by atoms with Crippen LogP contribution in [0.1, 0.15) is 46.5 Å². The van der Waals surface area contributed by atoms with Gasteiger partial charge < -0.3 is 16.2 Å². The van der Waals surface area contributed by atoms with Crippen LogP contribution in [-0.4, -0.2) is 29.1 Å². The summed E-state index contributed by atoms with van der Waals surface area (Å²) >= 11 is 0. The number of nitrogens with two attached hydrogens (primary N) is 1. The van der Waals surface area contributed by atoms with Gasteiger partial charge in [-0.15, -0.1) is 0 Å². The summed E-state index contributed by atoms with van der Waals surface area (Å²) in [5.41, 5.74) is 6.12. The second-order valence-electron chi connectivity index (χ2n) is 5.64. The minimum absolute atomic E-state index is 0.00755. The van der Waals surface area contributed by atoms with E-state index in [0.717, 1.165) is 12.8 Å². The van der Waals surface area contributed by atoms with Crippen LogP contribution in [0, 0.1) is 17.8 Å². The molecule has 4 atom stereocenters. The van der Waals surface area contributed by atoms with Crippen LogP contribution < -0.4 is 11.1 Å². The molecule has 110 valence electrons. The van der Waals surface area contributed by atoms with Gasteiger partial charge in [-0.1, -0.05) is 26.7 Å². The van der Waals surface area contributed by atoms with E-state index in [1.165, 1.54) is 6.92 Å². The Morgan fingerprint density at radius 1 is 1.32 bits per heavy atom. The largest absolute Gasteiger partial charge is 0.481 e. The van der Waals surface area contributed by atoms with Gasteiger partial charge in [-0.2, -0.15) is 0 Å². The number of hydrogen-bond donors (Lipinski definition) is 3. The zero-order chi connectivity index (χ0) is 14.6. The molecule has 5 nitrogen and oxygen atoms in total. The van der Waals surface area contributed by atoms with Crippen LogP contribution in [0.15, 0.2) is 0 Å². The van der Waals surface area contributed by atoms with Crippen LogP contribution in [0.3, 0.4) is 0 Å². The zero-order valence-electron chi connectivity index (χ0n) is 12.1. The lowest BCUT2D eigenvalue weighted by atomic mass is 9.82. The van der Waals surface area contributed by atoms with Gasteiger partial charge >= 0.3 is 5.97 Å². The predicted molar refractivity (Wildman–Crippen MR) is 73.5 cm³/mol. The topological polar surface area (TPSA) is 92.4 Å². The molecule has 1 aliphatic carbocycles. The molecule has 1 fully saturated rings. The maximum absolute atomic E-state index is 11.4. The summed E-state index contributed by atoms with van der Waals surface area (Å²) in [6, 6.07) is -0.148. The lowest BCUT2D eigenvalue weighted by molar-refractivity contribution is -0.141. The van der Waals surface area contributed by atoms with Crippen molar-refractivity contribution in [2.75, 3.05) is 0 Å². The van der Waals surface area contributed by atoms with Crippen LogP contribution in [0.5, 0.6) is 0 Å². The Bertz CT molecular complexity index is 329. The SMILES string of the molecule is CCC(CC)C(NC(C)=O)[C@@H]1C[C@@H](C(=O)O)C[C@H]1N. The number of carboxylic acids is 1. The highest BCUT2D eigenvalue weighted by atomic mass is 16.4. The third kappa shape index (κ3) is 3.93. The summed E-state index contributed by atoms with van der Waals surface area (Å²) in [4.78, 5) is 22.5. The summed E-state index contributed by atoms with van der Waals surface area (Å²) in [5.74, 6) is -0.792. The van der Waals surface area contributed by atoms with Crippen LogP contribution >= 0.6 is 0 Å². The van der Waals surface area contributed by atoms with E-state index in [0.29, 0.717) is 18.8 Å². The van der Waals surface area contributed by atoms with Crippen molar-refractivity contribution in [3.63, 3.8) is 0 Å². The highest BCUT2D eigenvalue weighted by molar-refractivity contribution is 5.73. The molecule has 0 aromatic carbocycles. The monoisotopic (exact) mass is 270 g/mol. The van der Waals surface area contributed by atoms with Crippen molar-refractivity contribution in [1.82, 2.24) is 5.32 Å².